The Labute approximate surface area is 127 Å². The molecule has 21 heavy (non-hydrogen) atoms. The molecular formula is C18H25NO2. The van der Waals surface area contributed by atoms with Crippen molar-refractivity contribution in [2.75, 3.05) is 26.3 Å². The van der Waals surface area contributed by atoms with Crippen LogP contribution in [0.3, 0.4) is 0 Å². The van der Waals surface area contributed by atoms with Crippen molar-refractivity contribution in [3.05, 3.63) is 34.9 Å². The predicted octanol–water partition coefficient (Wildman–Crippen LogP) is 2.40. The molecule has 0 N–H and O–H groups in total. The van der Waals surface area contributed by atoms with Crippen LogP contribution < -0.4 is 0 Å². The minimum atomic E-state index is -0.400. The zero-order chi connectivity index (χ0) is 14.9. The third-order valence-electron chi connectivity index (χ3n) is 5.01. The molecule has 3 rings (SSSR count). The summed E-state index contributed by atoms with van der Waals surface area (Å²) in [6.07, 6.45) is 4.16. The highest BCUT2D eigenvalue weighted by molar-refractivity contribution is 5.89. The Kier molecular flexibility index (Phi) is 4.14. The van der Waals surface area contributed by atoms with Gasteiger partial charge in [0.15, 0.2) is 5.78 Å². The molecule has 1 heterocycles. The molecule has 3 nitrogen and oxygen atoms in total. The van der Waals surface area contributed by atoms with Gasteiger partial charge in [-0.05, 0) is 49.8 Å². The number of aryl methyl sites for hydroxylation is 2. The van der Waals surface area contributed by atoms with Crippen molar-refractivity contribution in [1.82, 2.24) is 4.90 Å². The van der Waals surface area contributed by atoms with Gasteiger partial charge in [-0.15, -0.1) is 0 Å². The van der Waals surface area contributed by atoms with Crippen molar-refractivity contribution in [2.45, 2.75) is 45.1 Å². The molecule has 1 aromatic carbocycles. The lowest BCUT2D eigenvalue weighted by Gasteiger charge is -2.39. The highest BCUT2D eigenvalue weighted by Gasteiger charge is 2.34. The molecule has 3 heteroatoms. The average molecular weight is 287 g/mol. The molecular weight excluding hydrogens is 262 g/mol. The molecule has 0 aromatic heterocycles. The summed E-state index contributed by atoms with van der Waals surface area (Å²) in [5, 5.41) is 0. The third kappa shape index (κ3) is 3.04. The van der Waals surface area contributed by atoms with Crippen LogP contribution in [0, 0.1) is 0 Å². The number of carbonyl (C=O) groups is 1. The van der Waals surface area contributed by atoms with Gasteiger partial charge in [-0.3, -0.25) is 9.69 Å². The molecule has 114 valence electrons. The van der Waals surface area contributed by atoms with Crippen LogP contribution in [-0.4, -0.2) is 42.5 Å². The standard InChI is InChI=1S/C18H25NO2/c1-18(2,19-8-10-21-11-9-19)17(20)13-14-6-7-15-4-3-5-16(15)12-14/h6-7,12H,3-5,8-11,13H2,1-2H3. The second-order valence-corrected chi connectivity index (χ2v) is 6.72. The first kappa shape index (κ1) is 14.7. The lowest BCUT2D eigenvalue weighted by atomic mass is 9.90. The number of hydrogen-bond acceptors (Lipinski definition) is 3. The Morgan fingerprint density at radius 1 is 1.19 bits per heavy atom. The fourth-order valence-electron chi connectivity index (χ4n) is 3.44. The second kappa shape index (κ2) is 5.90. The molecule has 0 bridgehead atoms. The van der Waals surface area contributed by atoms with Crippen LogP contribution >= 0.6 is 0 Å². The molecule has 0 unspecified atom stereocenters. The van der Waals surface area contributed by atoms with Gasteiger partial charge < -0.3 is 4.74 Å². The largest absolute Gasteiger partial charge is 0.379 e. The van der Waals surface area contributed by atoms with Crippen LogP contribution in [-0.2, 0) is 28.8 Å². The molecule has 1 fully saturated rings. The number of ketones is 1. The summed E-state index contributed by atoms with van der Waals surface area (Å²) in [6.45, 7) is 7.26. The van der Waals surface area contributed by atoms with E-state index in [-0.39, 0.29) is 0 Å². The van der Waals surface area contributed by atoms with Crippen molar-refractivity contribution in [1.29, 1.82) is 0 Å². The van der Waals surface area contributed by atoms with Gasteiger partial charge in [-0.2, -0.15) is 0 Å². The van der Waals surface area contributed by atoms with E-state index < -0.39 is 5.54 Å². The van der Waals surface area contributed by atoms with Gasteiger partial charge in [0.2, 0.25) is 0 Å². The summed E-state index contributed by atoms with van der Waals surface area (Å²) in [7, 11) is 0. The third-order valence-corrected chi connectivity index (χ3v) is 5.01. The summed E-state index contributed by atoms with van der Waals surface area (Å²) in [4.78, 5) is 15.0. The Morgan fingerprint density at radius 2 is 1.90 bits per heavy atom. The van der Waals surface area contributed by atoms with Crippen LogP contribution in [0.15, 0.2) is 18.2 Å². The number of rotatable bonds is 4. The van der Waals surface area contributed by atoms with Gasteiger partial charge in [0.05, 0.1) is 18.8 Å². The lowest BCUT2D eigenvalue weighted by Crippen LogP contribution is -2.54. The topological polar surface area (TPSA) is 29.5 Å². The quantitative estimate of drug-likeness (QED) is 0.851. The van der Waals surface area contributed by atoms with E-state index in [1.54, 1.807) is 0 Å². The fraction of sp³-hybridized carbons (Fsp3) is 0.611. The molecule has 1 aliphatic heterocycles. The van der Waals surface area contributed by atoms with Crippen molar-refractivity contribution in [3.8, 4) is 0 Å². The van der Waals surface area contributed by atoms with Crippen LogP contribution in [0.5, 0.6) is 0 Å². The monoisotopic (exact) mass is 287 g/mol. The Morgan fingerprint density at radius 3 is 2.67 bits per heavy atom. The normalized spacial score (nSPS) is 19.5. The Balaban J connectivity index is 1.70. The number of nitrogens with zero attached hydrogens (tertiary/aromatic N) is 1. The van der Waals surface area contributed by atoms with E-state index in [1.807, 2.05) is 13.8 Å². The van der Waals surface area contributed by atoms with E-state index in [4.69, 9.17) is 4.74 Å². The van der Waals surface area contributed by atoms with E-state index in [9.17, 15) is 4.79 Å². The highest BCUT2D eigenvalue weighted by Crippen LogP contribution is 2.25. The molecule has 1 aromatic rings. The maximum Gasteiger partial charge on any atom is 0.156 e. The van der Waals surface area contributed by atoms with E-state index >= 15 is 0 Å². The molecule has 0 saturated carbocycles. The first-order valence-corrected chi connectivity index (χ1v) is 8.04. The Hall–Kier alpha value is -1.19. The number of Topliss-reactive ketones (excluding diaryl/α,β-unsaturated/α-hetero) is 1. The molecule has 2 aliphatic rings. The summed E-state index contributed by atoms with van der Waals surface area (Å²) in [6, 6.07) is 6.60. The molecule has 0 amide bonds. The highest BCUT2D eigenvalue weighted by atomic mass is 16.5. The maximum atomic E-state index is 12.8. The zero-order valence-electron chi connectivity index (χ0n) is 13.2. The molecule has 1 aliphatic carbocycles. The Bertz CT molecular complexity index is 530. The van der Waals surface area contributed by atoms with Crippen molar-refractivity contribution in [2.24, 2.45) is 0 Å². The smallest absolute Gasteiger partial charge is 0.156 e. The summed E-state index contributed by atoms with van der Waals surface area (Å²) in [5.41, 5.74) is 3.69. The van der Waals surface area contributed by atoms with Gasteiger partial charge in [0.25, 0.3) is 0 Å². The second-order valence-electron chi connectivity index (χ2n) is 6.72. The minimum Gasteiger partial charge on any atom is -0.379 e. The molecule has 0 atom stereocenters. The van der Waals surface area contributed by atoms with Crippen molar-refractivity contribution < 1.29 is 9.53 Å². The van der Waals surface area contributed by atoms with Crippen molar-refractivity contribution in [3.63, 3.8) is 0 Å². The van der Waals surface area contributed by atoms with Gasteiger partial charge in [0.1, 0.15) is 0 Å². The van der Waals surface area contributed by atoms with Crippen LogP contribution in [0.2, 0.25) is 0 Å². The number of fused-ring (bicyclic) bond motifs is 1. The van der Waals surface area contributed by atoms with Gasteiger partial charge in [0, 0.05) is 19.5 Å². The molecule has 0 radical (unpaired) electrons. The van der Waals surface area contributed by atoms with Crippen LogP contribution in [0.1, 0.15) is 37.0 Å². The number of hydrogen-bond donors (Lipinski definition) is 0. The SMILES string of the molecule is CC(C)(C(=O)Cc1ccc2c(c1)CCC2)N1CCOCC1. The zero-order valence-corrected chi connectivity index (χ0v) is 13.2. The molecule has 0 spiro atoms. The maximum absolute atomic E-state index is 12.8. The first-order chi connectivity index (χ1) is 10.1. The minimum absolute atomic E-state index is 0.308. The van der Waals surface area contributed by atoms with Gasteiger partial charge in [-0.1, -0.05) is 18.2 Å². The number of morpholine rings is 1. The number of ether oxygens (including phenoxy) is 1. The summed E-state index contributed by atoms with van der Waals surface area (Å²) in [5.74, 6) is 0.308. The van der Waals surface area contributed by atoms with Gasteiger partial charge in [-0.25, -0.2) is 0 Å². The predicted molar refractivity (Wildman–Crippen MR) is 83.6 cm³/mol. The van der Waals surface area contributed by atoms with Crippen LogP contribution in [0.4, 0.5) is 0 Å². The van der Waals surface area contributed by atoms with Crippen molar-refractivity contribution >= 4 is 5.78 Å². The first-order valence-electron chi connectivity index (χ1n) is 8.04. The summed E-state index contributed by atoms with van der Waals surface area (Å²) < 4.78 is 5.39. The van der Waals surface area contributed by atoms with E-state index in [2.05, 4.69) is 23.1 Å². The van der Waals surface area contributed by atoms with Gasteiger partial charge >= 0.3 is 0 Å². The fourth-order valence-corrected chi connectivity index (χ4v) is 3.44. The summed E-state index contributed by atoms with van der Waals surface area (Å²) >= 11 is 0. The number of benzene rings is 1. The average Bonchev–Trinajstić information content (AvgIpc) is 2.95. The lowest BCUT2D eigenvalue weighted by molar-refractivity contribution is -0.131. The van der Waals surface area contributed by atoms with E-state index in [0.29, 0.717) is 12.2 Å². The van der Waals surface area contributed by atoms with E-state index in [1.165, 1.54) is 36.0 Å². The van der Waals surface area contributed by atoms with Crippen LogP contribution in [0.25, 0.3) is 0 Å². The molecule has 1 saturated heterocycles. The number of carbonyl (C=O) groups excluding carboxylic acids is 1. The van der Waals surface area contributed by atoms with E-state index in [0.717, 1.165) is 26.3 Å².